The molecule has 0 amide bonds. The Morgan fingerprint density at radius 2 is 1.80 bits per heavy atom. The lowest BCUT2D eigenvalue weighted by atomic mass is 10.0. The molecule has 0 spiro atoms. The van der Waals surface area contributed by atoms with Gasteiger partial charge >= 0.3 is 0 Å². The SMILES string of the molecule is CCCCOc1ccc(C(=O)c2ccccc2I)cc1. The minimum absolute atomic E-state index is 0.0510. The van der Waals surface area contributed by atoms with Gasteiger partial charge in [0.2, 0.25) is 0 Å². The summed E-state index contributed by atoms with van der Waals surface area (Å²) in [5.41, 5.74) is 1.43. The molecule has 0 heterocycles. The van der Waals surface area contributed by atoms with Crippen LogP contribution in [0.3, 0.4) is 0 Å². The number of unbranched alkanes of at least 4 members (excludes halogenated alkanes) is 1. The minimum atomic E-state index is 0.0510. The monoisotopic (exact) mass is 380 g/mol. The third-order valence-corrected chi connectivity index (χ3v) is 3.94. The molecule has 0 fully saturated rings. The Kier molecular flexibility index (Phi) is 5.59. The molecule has 0 unspecified atom stereocenters. The number of halogens is 1. The molecule has 2 aromatic rings. The van der Waals surface area contributed by atoms with Crippen LogP contribution in [-0.4, -0.2) is 12.4 Å². The summed E-state index contributed by atoms with van der Waals surface area (Å²) in [5, 5.41) is 0. The van der Waals surface area contributed by atoms with Crippen LogP contribution in [0.4, 0.5) is 0 Å². The Balaban J connectivity index is 2.10. The smallest absolute Gasteiger partial charge is 0.194 e. The zero-order valence-electron chi connectivity index (χ0n) is 11.4. The predicted octanol–water partition coefficient (Wildman–Crippen LogP) is 4.70. The minimum Gasteiger partial charge on any atom is -0.494 e. The Hall–Kier alpha value is -1.36. The van der Waals surface area contributed by atoms with Gasteiger partial charge in [0.15, 0.2) is 5.78 Å². The van der Waals surface area contributed by atoms with Crippen LogP contribution in [0, 0.1) is 3.57 Å². The van der Waals surface area contributed by atoms with Crippen molar-refractivity contribution in [3.05, 3.63) is 63.2 Å². The summed E-state index contributed by atoms with van der Waals surface area (Å²) >= 11 is 2.19. The summed E-state index contributed by atoms with van der Waals surface area (Å²) in [6, 6.07) is 15.0. The molecule has 0 radical (unpaired) electrons. The van der Waals surface area contributed by atoms with Crippen molar-refractivity contribution in [2.45, 2.75) is 19.8 Å². The first-order valence-electron chi connectivity index (χ1n) is 6.74. The predicted molar refractivity (Wildman–Crippen MR) is 89.4 cm³/mol. The van der Waals surface area contributed by atoms with Gasteiger partial charge in [-0.25, -0.2) is 0 Å². The summed E-state index contributed by atoms with van der Waals surface area (Å²) in [6.45, 7) is 2.85. The van der Waals surface area contributed by atoms with E-state index in [1.165, 1.54) is 0 Å². The summed E-state index contributed by atoms with van der Waals surface area (Å²) in [4.78, 5) is 12.4. The number of hydrogen-bond acceptors (Lipinski definition) is 2. The molecule has 2 rings (SSSR count). The lowest BCUT2D eigenvalue weighted by Gasteiger charge is -2.07. The Morgan fingerprint density at radius 3 is 2.45 bits per heavy atom. The molecule has 3 heteroatoms. The van der Waals surface area contributed by atoms with Crippen molar-refractivity contribution in [3.8, 4) is 5.75 Å². The van der Waals surface area contributed by atoms with Crippen LogP contribution >= 0.6 is 22.6 Å². The van der Waals surface area contributed by atoms with Crippen LogP contribution in [-0.2, 0) is 0 Å². The molecule has 0 aliphatic carbocycles. The fourth-order valence-corrected chi connectivity index (χ4v) is 2.47. The van der Waals surface area contributed by atoms with E-state index in [-0.39, 0.29) is 5.78 Å². The highest BCUT2D eigenvalue weighted by Gasteiger charge is 2.11. The van der Waals surface area contributed by atoms with E-state index in [4.69, 9.17) is 4.74 Å². The van der Waals surface area contributed by atoms with E-state index in [2.05, 4.69) is 29.5 Å². The number of carbonyl (C=O) groups is 1. The molecular formula is C17H17IO2. The van der Waals surface area contributed by atoms with E-state index < -0.39 is 0 Å². The maximum atomic E-state index is 12.4. The van der Waals surface area contributed by atoms with Crippen molar-refractivity contribution in [2.75, 3.05) is 6.61 Å². The van der Waals surface area contributed by atoms with Crippen LogP contribution < -0.4 is 4.74 Å². The molecule has 0 N–H and O–H groups in total. The van der Waals surface area contributed by atoms with E-state index in [0.717, 1.165) is 34.3 Å². The molecule has 0 saturated carbocycles. The van der Waals surface area contributed by atoms with Gasteiger partial charge in [0, 0.05) is 14.7 Å². The van der Waals surface area contributed by atoms with Crippen LogP contribution in [0.2, 0.25) is 0 Å². The average molecular weight is 380 g/mol. The van der Waals surface area contributed by atoms with E-state index in [1.807, 2.05) is 48.5 Å². The van der Waals surface area contributed by atoms with E-state index >= 15 is 0 Å². The maximum Gasteiger partial charge on any atom is 0.194 e. The molecule has 104 valence electrons. The number of ether oxygens (including phenoxy) is 1. The second-order valence-corrected chi connectivity index (χ2v) is 5.70. The average Bonchev–Trinajstić information content (AvgIpc) is 2.48. The van der Waals surface area contributed by atoms with Gasteiger partial charge in [0.05, 0.1) is 6.61 Å². The molecule has 0 bridgehead atoms. The Bertz CT molecular complexity index is 576. The molecule has 2 nitrogen and oxygen atoms in total. The van der Waals surface area contributed by atoms with Gasteiger partial charge in [-0.3, -0.25) is 4.79 Å². The third-order valence-electron chi connectivity index (χ3n) is 3.00. The van der Waals surface area contributed by atoms with Gasteiger partial charge in [0.25, 0.3) is 0 Å². The topological polar surface area (TPSA) is 26.3 Å². The van der Waals surface area contributed by atoms with Gasteiger partial charge < -0.3 is 4.74 Å². The van der Waals surface area contributed by atoms with E-state index in [1.54, 1.807) is 0 Å². The summed E-state index contributed by atoms with van der Waals surface area (Å²) in [6.07, 6.45) is 2.16. The van der Waals surface area contributed by atoms with Gasteiger partial charge in [0.1, 0.15) is 5.75 Å². The molecule has 0 aliphatic rings. The zero-order chi connectivity index (χ0) is 14.4. The van der Waals surface area contributed by atoms with Crippen molar-refractivity contribution in [3.63, 3.8) is 0 Å². The quantitative estimate of drug-likeness (QED) is 0.413. The molecule has 20 heavy (non-hydrogen) atoms. The molecule has 0 atom stereocenters. The number of ketones is 1. The number of hydrogen-bond donors (Lipinski definition) is 0. The highest BCUT2D eigenvalue weighted by Crippen LogP contribution is 2.19. The summed E-state index contributed by atoms with van der Waals surface area (Å²) in [5.74, 6) is 0.868. The largest absolute Gasteiger partial charge is 0.494 e. The summed E-state index contributed by atoms with van der Waals surface area (Å²) in [7, 11) is 0. The van der Waals surface area contributed by atoms with Crippen molar-refractivity contribution >= 4 is 28.4 Å². The summed E-state index contributed by atoms with van der Waals surface area (Å²) < 4.78 is 6.57. The van der Waals surface area contributed by atoms with Gasteiger partial charge in [-0.1, -0.05) is 25.5 Å². The molecule has 0 aromatic heterocycles. The fraction of sp³-hybridized carbons (Fsp3) is 0.235. The number of benzene rings is 2. The normalized spacial score (nSPS) is 10.3. The third kappa shape index (κ3) is 3.82. The van der Waals surface area contributed by atoms with Crippen molar-refractivity contribution in [1.29, 1.82) is 0 Å². The number of rotatable bonds is 6. The first-order chi connectivity index (χ1) is 9.72. The second kappa shape index (κ2) is 7.43. The molecule has 2 aromatic carbocycles. The Morgan fingerprint density at radius 1 is 1.10 bits per heavy atom. The fourth-order valence-electron chi connectivity index (χ4n) is 1.84. The Labute approximate surface area is 133 Å². The molecular weight excluding hydrogens is 363 g/mol. The van der Waals surface area contributed by atoms with Crippen LogP contribution in [0.15, 0.2) is 48.5 Å². The van der Waals surface area contributed by atoms with Gasteiger partial charge in [-0.05, 0) is 65.4 Å². The highest BCUT2D eigenvalue weighted by atomic mass is 127. The lowest BCUT2D eigenvalue weighted by molar-refractivity contribution is 0.103. The molecule has 0 aliphatic heterocycles. The zero-order valence-corrected chi connectivity index (χ0v) is 13.6. The standard InChI is InChI=1S/C17H17IO2/c1-2-3-12-20-14-10-8-13(9-11-14)17(19)15-6-4-5-7-16(15)18/h4-11H,2-3,12H2,1H3. The van der Waals surface area contributed by atoms with Crippen LogP contribution in [0.1, 0.15) is 35.7 Å². The van der Waals surface area contributed by atoms with Gasteiger partial charge in [-0.2, -0.15) is 0 Å². The number of carbonyl (C=O) groups excluding carboxylic acids is 1. The maximum absolute atomic E-state index is 12.4. The van der Waals surface area contributed by atoms with Gasteiger partial charge in [-0.15, -0.1) is 0 Å². The highest BCUT2D eigenvalue weighted by molar-refractivity contribution is 14.1. The van der Waals surface area contributed by atoms with E-state index in [0.29, 0.717) is 5.56 Å². The van der Waals surface area contributed by atoms with E-state index in [9.17, 15) is 4.79 Å². The van der Waals surface area contributed by atoms with Crippen molar-refractivity contribution < 1.29 is 9.53 Å². The van der Waals surface area contributed by atoms with Crippen LogP contribution in [0.5, 0.6) is 5.75 Å². The van der Waals surface area contributed by atoms with Crippen molar-refractivity contribution in [2.24, 2.45) is 0 Å². The second-order valence-electron chi connectivity index (χ2n) is 4.54. The molecule has 0 saturated heterocycles. The van der Waals surface area contributed by atoms with Crippen LogP contribution in [0.25, 0.3) is 0 Å². The van der Waals surface area contributed by atoms with Crippen molar-refractivity contribution in [1.82, 2.24) is 0 Å². The lowest BCUT2D eigenvalue weighted by Crippen LogP contribution is -2.03. The first kappa shape index (κ1) is 15.0. The first-order valence-corrected chi connectivity index (χ1v) is 7.82.